The molecule has 0 spiro atoms. The van der Waals surface area contributed by atoms with E-state index in [0.29, 0.717) is 5.25 Å². The number of pyridine rings is 1. The first-order valence-corrected chi connectivity index (χ1v) is 5.89. The average molecular weight is 210 g/mol. The minimum atomic E-state index is 0.0256. The highest BCUT2D eigenvalue weighted by atomic mass is 32.2. The van der Waals surface area contributed by atoms with Crippen molar-refractivity contribution in [3.63, 3.8) is 0 Å². The molecule has 0 radical (unpaired) electrons. The van der Waals surface area contributed by atoms with Crippen molar-refractivity contribution in [3.8, 4) is 0 Å². The lowest BCUT2D eigenvalue weighted by Crippen LogP contribution is -2.06. The molecular formula is C11H18N2S. The van der Waals surface area contributed by atoms with Crippen molar-refractivity contribution in [3.05, 3.63) is 24.0 Å². The lowest BCUT2D eigenvalue weighted by atomic mass is 10.2. The van der Waals surface area contributed by atoms with Gasteiger partial charge in [0.1, 0.15) is 0 Å². The molecule has 0 amide bonds. The van der Waals surface area contributed by atoms with Crippen molar-refractivity contribution >= 4 is 11.8 Å². The van der Waals surface area contributed by atoms with Crippen LogP contribution in [0.15, 0.2) is 23.2 Å². The molecule has 0 aliphatic carbocycles. The molecule has 0 saturated heterocycles. The Bertz CT molecular complexity index is 269. The smallest absolute Gasteiger partial charge is 0.0569 e. The third-order valence-corrected chi connectivity index (χ3v) is 3.39. The van der Waals surface area contributed by atoms with Crippen LogP contribution < -0.4 is 5.73 Å². The molecule has 0 aliphatic rings. The van der Waals surface area contributed by atoms with Crippen molar-refractivity contribution < 1.29 is 0 Å². The lowest BCUT2D eigenvalue weighted by molar-refractivity contribution is 0.777. The SMILES string of the molecule is CCC(C)Sc1ccc([C@@H](C)N)nc1. The molecule has 1 unspecified atom stereocenters. The van der Waals surface area contributed by atoms with Crippen molar-refractivity contribution in [2.75, 3.05) is 0 Å². The molecule has 1 aromatic rings. The van der Waals surface area contributed by atoms with E-state index in [1.807, 2.05) is 30.9 Å². The van der Waals surface area contributed by atoms with E-state index in [1.54, 1.807) is 0 Å². The first kappa shape index (κ1) is 11.5. The van der Waals surface area contributed by atoms with E-state index in [-0.39, 0.29) is 6.04 Å². The summed E-state index contributed by atoms with van der Waals surface area (Å²) < 4.78 is 0. The molecule has 14 heavy (non-hydrogen) atoms. The molecule has 1 heterocycles. The highest BCUT2D eigenvalue weighted by Crippen LogP contribution is 2.24. The Balaban J connectivity index is 2.64. The number of nitrogens with two attached hydrogens (primary N) is 1. The molecule has 1 rings (SSSR count). The summed E-state index contributed by atoms with van der Waals surface area (Å²) in [6.07, 6.45) is 3.09. The number of nitrogens with zero attached hydrogens (tertiary/aromatic N) is 1. The summed E-state index contributed by atoms with van der Waals surface area (Å²) in [5, 5.41) is 0.651. The van der Waals surface area contributed by atoms with Crippen LogP contribution in [0.5, 0.6) is 0 Å². The van der Waals surface area contributed by atoms with Gasteiger partial charge < -0.3 is 5.73 Å². The third-order valence-electron chi connectivity index (χ3n) is 2.14. The highest BCUT2D eigenvalue weighted by Gasteiger charge is 2.04. The van der Waals surface area contributed by atoms with Crippen LogP contribution in [0.3, 0.4) is 0 Å². The van der Waals surface area contributed by atoms with Crippen molar-refractivity contribution in [2.24, 2.45) is 5.73 Å². The third kappa shape index (κ3) is 3.31. The van der Waals surface area contributed by atoms with E-state index < -0.39 is 0 Å². The zero-order chi connectivity index (χ0) is 10.6. The van der Waals surface area contributed by atoms with E-state index in [4.69, 9.17) is 5.73 Å². The highest BCUT2D eigenvalue weighted by molar-refractivity contribution is 7.99. The van der Waals surface area contributed by atoms with Gasteiger partial charge in [-0.3, -0.25) is 4.98 Å². The Morgan fingerprint density at radius 1 is 1.43 bits per heavy atom. The fourth-order valence-electron chi connectivity index (χ4n) is 1.05. The molecule has 2 atom stereocenters. The van der Waals surface area contributed by atoms with Crippen molar-refractivity contribution in [1.82, 2.24) is 4.98 Å². The minimum Gasteiger partial charge on any atom is -0.323 e. The van der Waals surface area contributed by atoms with E-state index >= 15 is 0 Å². The van der Waals surface area contributed by atoms with Gasteiger partial charge in [-0.05, 0) is 25.5 Å². The quantitative estimate of drug-likeness (QED) is 0.776. The molecule has 0 aromatic carbocycles. The summed E-state index contributed by atoms with van der Waals surface area (Å²) in [7, 11) is 0. The largest absolute Gasteiger partial charge is 0.323 e. The summed E-state index contributed by atoms with van der Waals surface area (Å²) in [4.78, 5) is 5.55. The van der Waals surface area contributed by atoms with Crippen LogP contribution in [0.1, 0.15) is 38.9 Å². The fraction of sp³-hybridized carbons (Fsp3) is 0.545. The predicted octanol–water partition coefficient (Wildman–Crippen LogP) is 2.99. The Labute approximate surface area is 90.3 Å². The molecule has 0 aliphatic heterocycles. The first-order chi connectivity index (χ1) is 6.63. The van der Waals surface area contributed by atoms with Gasteiger partial charge in [-0.1, -0.05) is 13.8 Å². The Hall–Kier alpha value is -0.540. The Morgan fingerprint density at radius 3 is 2.57 bits per heavy atom. The van der Waals surface area contributed by atoms with E-state index in [9.17, 15) is 0 Å². The standard InChI is InChI=1S/C11H18N2S/c1-4-8(2)14-10-5-6-11(9(3)12)13-7-10/h5-9H,4,12H2,1-3H3/t8?,9-/m1/s1. The second kappa shape index (κ2) is 5.37. The molecule has 78 valence electrons. The van der Waals surface area contributed by atoms with Gasteiger partial charge in [0.15, 0.2) is 0 Å². The van der Waals surface area contributed by atoms with Gasteiger partial charge in [0.2, 0.25) is 0 Å². The summed E-state index contributed by atoms with van der Waals surface area (Å²) in [5.41, 5.74) is 6.68. The van der Waals surface area contributed by atoms with Crippen LogP contribution in [0.25, 0.3) is 0 Å². The summed E-state index contributed by atoms with van der Waals surface area (Å²) in [6, 6.07) is 4.13. The van der Waals surface area contributed by atoms with Crippen molar-refractivity contribution in [1.29, 1.82) is 0 Å². The maximum absolute atomic E-state index is 5.72. The number of hydrogen-bond acceptors (Lipinski definition) is 3. The van der Waals surface area contributed by atoms with Crippen molar-refractivity contribution in [2.45, 2.75) is 43.4 Å². The van der Waals surface area contributed by atoms with Gasteiger partial charge >= 0.3 is 0 Å². The van der Waals surface area contributed by atoms with Crippen LogP contribution in [-0.4, -0.2) is 10.2 Å². The average Bonchev–Trinajstić information content (AvgIpc) is 2.18. The van der Waals surface area contributed by atoms with Gasteiger partial charge in [0, 0.05) is 22.4 Å². The summed E-state index contributed by atoms with van der Waals surface area (Å²) in [6.45, 7) is 6.37. The van der Waals surface area contributed by atoms with Crippen LogP contribution in [0.4, 0.5) is 0 Å². The van der Waals surface area contributed by atoms with Crippen LogP contribution in [-0.2, 0) is 0 Å². The molecule has 0 fully saturated rings. The molecule has 2 nitrogen and oxygen atoms in total. The van der Waals surface area contributed by atoms with Crippen LogP contribution in [0.2, 0.25) is 0 Å². The van der Waals surface area contributed by atoms with Gasteiger partial charge in [0.25, 0.3) is 0 Å². The zero-order valence-corrected chi connectivity index (χ0v) is 9.84. The molecular weight excluding hydrogens is 192 g/mol. The van der Waals surface area contributed by atoms with E-state index in [1.165, 1.54) is 11.3 Å². The molecule has 1 aromatic heterocycles. The van der Waals surface area contributed by atoms with E-state index in [2.05, 4.69) is 24.9 Å². The molecule has 3 heteroatoms. The van der Waals surface area contributed by atoms with Gasteiger partial charge in [-0.25, -0.2) is 0 Å². The number of rotatable bonds is 4. The Morgan fingerprint density at radius 2 is 2.14 bits per heavy atom. The molecule has 2 N–H and O–H groups in total. The Kier molecular flexibility index (Phi) is 4.42. The fourth-order valence-corrected chi connectivity index (χ4v) is 1.94. The maximum Gasteiger partial charge on any atom is 0.0569 e. The van der Waals surface area contributed by atoms with Crippen LogP contribution >= 0.6 is 11.8 Å². The zero-order valence-electron chi connectivity index (χ0n) is 9.03. The number of thioether (sulfide) groups is 1. The minimum absolute atomic E-state index is 0.0256. The van der Waals surface area contributed by atoms with Crippen LogP contribution in [0, 0.1) is 0 Å². The summed E-state index contributed by atoms with van der Waals surface area (Å²) in [5.74, 6) is 0. The van der Waals surface area contributed by atoms with Gasteiger partial charge in [0.05, 0.1) is 5.69 Å². The predicted molar refractivity (Wildman–Crippen MR) is 62.4 cm³/mol. The van der Waals surface area contributed by atoms with Gasteiger partial charge in [-0.2, -0.15) is 0 Å². The normalized spacial score (nSPS) is 15.1. The number of aromatic nitrogens is 1. The monoisotopic (exact) mass is 210 g/mol. The number of hydrogen-bond donors (Lipinski definition) is 1. The second-order valence-corrected chi connectivity index (χ2v) is 5.06. The first-order valence-electron chi connectivity index (χ1n) is 5.01. The topological polar surface area (TPSA) is 38.9 Å². The molecule has 0 bridgehead atoms. The summed E-state index contributed by atoms with van der Waals surface area (Å²) >= 11 is 1.86. The van der Waals surface area contributed by atoms with Gasteiger partial charge in [-0.15, -0.1) is 11.8 Å². The lowest BCUT2D eigenvalue weighted by Gasteiger charge is -2.09. The van der Waals surface area contributed by atoms with E-state index in [0.717, 1.165) is 5.69 Å². The molecule has 0 saturated carbocycles. The maximum atomic E-state index is 5.72. The second-order valence-electron chi connectivity index (χ2n) is 3.54.